The van der Waals surface area contributed by atoms with E-state index in [1.807, 2.05) is 43.3 Å². The first-order valence-electron chi connectivity index (χ1n) is 11.8. The summed E-state index contributed by atoms with van der Waals surface area (Å²) in [7, 11) is 0. The molecule has 0 unspecified atom stereocenters. The molecule has 4 aromatic carbocycles. The zero-order valence-corrected chi connectivity index (χ0v) is 20.1. The van der Waals surface area contributed by atoms with Crippen LogP contribution >= 0.6 is 0 Å². The van der Waals surface area contributed by atoms with Crippen molar-refractivity contribution in [3.05, 3.63) is 113 Å². The molecule has 184 valence electrons. The van der Waals surface area contributed by atoms with Gasteiger partial charge in [0, 0.05) is 17.3 Å². The second-order valence-corrected chi connectivity index (χ2v) is 8.82. The number of carbonyl (C=O) groups is 3. The maximum Gasteiger partial charge on any atom is 0.336 e. The van der Waals surface area contributed by atoms with Crippen molar-refractivity contribution in [2.75, 3.05) is 16.8 Å². The van der Waals surface area contributed by atoms with Crippen LogP contribution in [-0.4, -0.2) is 29.5 Å². The third kappa shape index (κ3) is 5.06. The van der Waals surface area contributed by atoms with Crippen LogP contribution in [0.15, 0.2) is 91.0 Å². The van der Waals surface area contributed by atoms with Crippen molar-refractivity contribution >= 4 is 29.2 Å². The van der Waals surface area contributed by atoms with Gasteiger partial charge < -0.3 is 20.1 Å². The maximum atomic E-state index is 12.7. The van der Waals surface area contributed by atoms with Crippen LogP contribution < -0.4 is 15.0 Å². The molecule has 7 nitrogen and oxygen atoms in total. The summed E-state index contributed by atoms with van der Waals surface area (Å²) < 4.78 is 5.66. The van der Waals surface area contributed by atoms with Crippen LogP contribution in [0.2, 0.25) is 0 Å². The molecule has 4 aromatic rings. The number of benzene rings is 4. The van der Waals surface area contributed by atoms with E-state index in [2.05, 4.69) is 5.32 Å². The monoisotopic (exact) mass is 492 g/mol. The lowest BCUT2D eigenvalue weighted by Crippen LogP contribution is -2.38. The highest BCUT2D eigenvalue weighted by molar-refractivity contribution is 6.05. The minimum atomic E-state index is -0.982. The van der Waals surface area contributed by atoms with E-state index in [1.165, 1.54) is 0 Å². The fourth-order valence-electron chi connectivity index (χ4n) is 4.26. The molecule has 37 heavy (non-hydrogen) atoms. The van der Waals surface area contributed by atoms with Gasteiger partial charge in [0.15, 0.2) is 6.61 Å². The standard InChI is InChI=1S/C30H24N2O5/c1-19-6-10-22(11-7-19)29(34)31-23-14-15-26-27(16-23)37-18-28(33)32(26)17-20-8-12-21(13-9-20)24-4-2-3-5-25(24)30(35)36/h2-16H,17-18H2,1H3,(H,31,34)(H,35,36). The van der Waals surface area contributed by atoms with E-state index < -0.39 is 5.97 Å². The number of amides is 2. The van der Waals surface area contributed by atoms with E-state index in [4.69, 9.17) is 4.74 Å². The number of aromatic carboxylic acids is 1. The molecule has 2 N–H and O–H groups in total. The van der Waals surface area contributed by atoms with Gasteiger partial charge in [0.25, 0.3) is 11.8 Å². The molecule has 1 heterocycles. The number of carboxylic acid groups (broad SMARTS) is 1. The molecule has 0 aromatic heterocycles. The number of rotatable bonds is 6. The molecule has 7 heteroatoms. The highest BCUT2D eigenvalue weighted by Gasteiger charge is 2.26. The average molecular weight is 493 g/mol. The number of hydrogen-bond donors (Lipinski definition) is 2. The van der Waals surface area contributed by atoms with Gasteiger partial charge in [-0.2, -0.15) is 0 Å². The molecule has 0 spiro atoms. The number of aryl methyl sites for hydroxylation is 1. The van der Waals surface area contributed by atoms with E-state index in [0.29, 0.717) is 34.8 Å². The highest BCUT2D eigenvalue weighted by Crippen LogP contribution is 2.36. The molecule has 0 saturated heterocycles. The molecule has 0 saturated carbocycles. The van der Waals surface area contributed by atoms with E-state index in [-0.39, 0.29) is 24.0 Å². The molecule has 1 aliphatic rings. The SMILES string of the molecule is Cc1ccc(C(=O)Nc2ccc3c(c2)OCC(=O)N3Cc2ccc(-c3ccccc3C(=O)O)cc2)cc1. The van der Waals surface area contributed by atoms with Crippen molar-refractivity contribution < 1.29 is 24.2 Å². The summed E-state index contributed by atoms with van der Waals surface area (Å²) >= 11 is 0. The first kappa shape index (κ1) is 23.8. The van der Waals surface area contributed by atoms with Gasteiger partial charge in [-0.05, 0) is 53.9 Å². The Morgan fingerprint density at radius 3 is 2.41 bits per heavy atom. The maximum absolute atomic E-state index is 12.7. The van der Waals surface area contributed by atoms with Crippen molar-refractivity contribution in [1.82, 2.24) is 0 Å². The molecular weight excluding hydrogens is 468 g/mol. The predicted molar refractivity (Wildman–Crippen MR) is 141 cm³/mol. The van der Waals surface area contributed by atoms with Crippen molar-refractivity contribution in [3.8, 4) is 16.9 Å². The van der Waals surface area contributed by atoms with Gasteiger partial charge in [-0.3, -0.25) is 9.59 Å². The van der Waals surface area contributed by atoms with Gasteiger partial charge in [-0.25, -0.2) is 4.79 Å². The number of nitrogens with one attached hydrogen (secondary N) is 1. The van der Waals surface area contributed by atoms with E-state index >= 15 is 0 Å². The summed E-state index contributed by atoms with van der Waals surface area (Å²) in [6.07, 6.45) is 0. The van der Waals surface area contributed by atoms with Crippen LogP contribution in [0, 0.1) is 6.92 Å². The Balaban J connectivity index is 1.34. The Bertz CT molecular complexity index is 1490. The third-order valence-corrected chi connectivity index (χ3v) is 6.24. The molecule has 0 fully saturated rings. The molecule has 0 aliphatic carbocycles. The van der Waals surface area contributed by atoms with E-state index in [0.717, 1.165) is 16.7 Å². The summed E-state index contributed by atoms with van der Waals surface area (Å²) in [6.45, 7) is 2.18. The molecule has 5 rings (SSSR count). The first-order valence-corrected chi connectivity index (χ1v) is 11.8. The quantitative estimate of drug-likeness (QED) is 0.369. The zero-order valence-electron chi connectivity index (χ0n) is 20.1. The van der Waals surface area contributed by atoms with Crippen LogP contribution in [-0.2, 0) is 11.3 Å². The Morgan fingerprint density at radius 2 is 1.68 bits per heavy atom. The normalized spacial score (nSPS) is 12.5. The summed E-state index contributed by atoms with van der Waals surface area (Å²) in [4.78, 5) is 38.5. The van der Waals surface area contributed by atoms with E-state index in [1.54, 1.807) is 59.5 Å². The van der Waals surface area contributed by atoms with Gasteiger partial charge in [0.1, 0.15) is 5.75 Å². The van der Waals surface area contributed by atoms with Crippen LogP contribution in [0.4, 0.5) is 11.4 Å². The lowest BCUT2D eigenvalue weighted by atomic mass is 9.98. The second kappa shape index (κ2) is 9.99. The van der Waals surface area contributed by atoms with Crippen molar-refractivity contribution in [3.63, 3.8) is 0 Å². The number of hydrogen-bond acceptors (Lipinski definition) is 4. The largest absolute Gasteiger partial charge is 0.481 e. The summed E-state index contributed by atoms with van der Waals surface area (Å²) in [5.74, 6) is -0.879. The third-order valence-electron chi connectivity index (χ3n) is 6.24. The number of carboxylic acids is 1. The molecular formula is C30H24N2O5. The molecule has 1 aliphatic heterocycles. The minimum absolute atomic E-state index is 0.105. The Labute approximate surface area is 213 Å². The number of anilines is 2. The number of fused-ring (bicyclic) bond motifs is 1. The summed E-state index contributed by atoms with van der Waals surface area (Å²) in [6, 6.07) is 26.8. The number of carbonyl (C=O) groups excluding carboxylic acids is 2. The van der Waals surface area contributed by atoms with Crippen LogP contribution in [0.1, 0.15) is 31.8 Å². The van der Waals surface area contributed by atoms with Crippen molar-refractivity contribution in [2.24, 2.45) is 0 Å². The predicted octanol–water partition coefficient (Wildman–Crippen LogP) is 5.54. The van der Waals surface area contributed by atoms with Crippen LogP contribution in [0.25, 0.3) is 11.1 Å². The topological polar surface area (TPSA) is 95.9 Å². The van der Waals surface area contributed by atoms with Gasteiger partial charge in [-0.15, -0.1) is 0 Å². The van der Waals surface area contributed by atoms with Crippen LogP contribution in [0.3, 0.4) is 0 Å². The zero-order chi connectivity index (χ0) is 25.9. The lowest BCUT2D eigenvalue weighted by molar-refractivity contribution is -0.121. The minimum Gasteiger partial charge on any atom is -0.481 e. The Hall–Kier alpha value is -4.91. The molecule has 0 bridgehead atoms. The number of ether oxygens (including phenoxy) is 1. The fourth-order valence-corrected chi connectivity index (χ4v) is 4.26. The first-order chi connectivity index (χ1) is 17.9. The summed E-state index contributed by atoms with van der Waals surface area (Å²) in [5, 5.41) is 12.4. The number of nitrogens with zero attached hydrogens (tertiary/aromatic N) is 1. The van der Waals surface area contributed by atoms with Gasteiger partial charge in [0.2, 0.25) is 0 Å². The second-order valence-electron chi connectivity index (χ2n) is 8.82. The van der Waals surface area contributed by atoms with Gasteiger partial charge in [0.05, 0.1) is 17.8 Å². The van der Waals surface area contributed by atoms with Crippen molar-refractivity contribution in [2.45, 2.75) is 13.5 Å². The van der Waals surface area contributed by atoms with Gasteiger partial charge in [-0.1, -0.05) is 60.2 Å². The lowest BCUT2D eigenvalue weighted by Gasteiger charge is -2.30. The Kier molecular flexibility index (Phi) is 6.43. The smallest absolute Gasteiger partial charge is 0.336 e. The average Bonchev–Trinajstić information content (AvgIpc) is 2.91. The van der Waals surface area contributed by atoms with Gasteiger partial charge >= 0.3 is 5.97 Å². The highest BCUT2D eigenvalue weighted by atomic mass is 16.5. The molecule has 0 radical (unpaired) electrons. The molecule has 0 atom stereocenters. The van der Waals surface area contributed by atoms with Crippen LogP contribution in [0.5, 0.6) is 5.75 Å². The van der Waals surface area contributed by atoms with Crippen molar-refractivity contribution in [1.29, 1.82) is 0 Å². The Morgan fingerprint density at radius 1 is 0.946 bits per heavy atom. The molecule has 2 amide bonds. The summed E-state index contributed by atoms with van der Waals surface area (Å²) in [5.41, 5.74) is 5.34. The van der Waals surface area contributed by atoms with E-state index in [9.17, 15) is 19.5 Å². The fraction of sp³-hybridized carbons (Fsp3) is 0.100.